The molecule has 0 amide bonds. The second-order valence-corrected chi connectivity index (χ2v) is 4.90. The summed E-state index contributed by atoms with van der Waals surface area (Å²) in [5.41, 5.74) is 2.98. The van der Waals surface area contributed by atoms with Crippen molar-refractivity contribution in [2.24, 2.45) is 0 Å². The van der Waals surface area contributed by atoms with Gasteiger partial charge in [-0.3, -0.25) is 0 Å². The Labute approximate surface area is 117 Å². The summed E-state index contributed by atoms with van der Waals surface area (Å²) < 4.78 is 5.60. The van der Waals surface area contributed by atoms with Crippen LogP contribution in [0.15, 0.2) is 42.5 Å². The van der Waals surface area contributed by atoms with Gasteiger partial charge in [-0.25, -0.2) is 4.79 Å². The zero-order chi connectivity index (χ0) is 14.1. The minimum Gasteiger partial charge on any atom is -0.491 e. The zero-order valence-corrected chi connectivity index (χ0v) is 11.1. The fourth-order valence-corrected chi connectivity index (χ4v) is 2.43. The number of para-hydroxylation sites is 1. The molecule has 0 fully saturated rings. The minimum atomic E-state index is -0.931. The molecule has 1 atom stereocenters. The van der Waals surface area contributed by atoms with Crippen molar-refractivity contribution in [3.05, 3.63) is 59.2 Å². The lowest BCUT2D eigenvalue weighted by Gasteiger charge is -2.16. The predicted octanol–water partition coefficient (Wildman–Crippen LogP) is 3.24. The average Bonchev–Trinajstić information content (AvgIpc) is 2.82. The molecule has 2 aromatic carbocycles. The van der Waals surface area contributed by atoms with Crippen molar-refractivity contribution < 1.29 is 14.6 Å². The minimum absolute atomic E-state index is 0.0221. The van der Waals surface area contributed by atoms with E-state index >= 15 is 0 Å². The van der Waals surface area contributed by atoms with Crippen LogP contribution < -0.4 is 10.1 Å². The first-order valence-corrected chi connectivity index (χ1v) is 6.47. The van der Waals surface area contributed by atoms with Crippen LogP contribution in [0.5, 0.6) is 5.75 Å². The third-order valence-electron chi connectivity index (χ3n) is 3.44. The molecule has 2 aromatic rings. The first-order valence-electron chi connectivity index (χ1n) is 6.47. The molecule has 4 nitrogen and oxygen atoms in total. The largest absolute Gasteiger partial charge is 0.491 e. The molecule has 0 saturated carbocycles. The second-order valence-electron chi connectivity index (χ2n) is 4.90. The van der Waals surface area contributed by atoms with Crippen LogP contribution in [0.4, 0.5) is 5.69 Å². The van der Waals surface area contributed by atoms with Gasteiger partial charge in [0.2, 0.25) is 0 Å². The average molecular weight is 269 g/mol. The van der Waals surface area contributed by atoms with Crippen LogP contribution in [0.1, 0.15) is 27.5 Å². The number of carboxylic acids is 1. The molecule has 1 aliphatic heterocycles. The van der Waals surface area contributed by atoms with Crippen molar-refractivity contribution in [3.63, 3.8) is 0 Å². The predicted molar refractivity (Wildman–Crippen MR) is 76.4 cm³/mol. The van der Waals surface area contributed by atoms with E-state index < -0.39 is 5.97 Å². The maximum absolute atomic E-state index is 11.3. The Hall–Kier alpha value is -2.49. The smallest absolute Gasteiger partial charge is 0.337 e. The Balaban J connectivity index is 1.93. The number of carboxylic acid groups (broad SMARTS) is 1. The molecule has 0 saturated heterocycles. The van der Waals surface area contributed by atoms with E-state index in [-0.39, 0.29) is 11.6 Å². The second kappa shape index (κ2) is 4.89. The number of ether oxygens (including phenoxy) is 1. The summed E-state index contributed by atoms with van der Waals surface area (Å²) >= 11 is 0. The van der Waals surface area contributed by atoms with Gasteiger partial charge in [-0.1, -0.05) is 24.3 Å². The molecular formula is C16H15NO3. The third kappa shape index (κ3) is 2.20. The normalized spacial score (nSPS) is 16.4. The standard InChI is InChI=1S/C16H15NO3/c1-10-6-7-12(16(18)19)13(8-10)17-14-9-20-15-5-3-2-4-11(14)15/h2-8,14,17H,9H2,1H3,(H,18,19). The molecule has 0 radical (unpaired) electrons. The van der Waals surface area contributed by atoms with Crippen LogP contribution in [0.2, 0.25) is 0 Å². The van der Waals surface area contributed by atoms with Crippen molar-refractivity contribution in [2.45, 2.75) is 13.0 Å². The van der Waals surface area contributed by atoms with Crippen LogP contribution in [0, 0.1) is 6.92 Å². The molecule has 0 aromatic heterocycles. The summed E-state index contributed by atoms with van der Waals surface area (Å²) in [5.74, 6) is -0.0748. The maximum atomic E-state index is 11.3. The Morgan fingerprint density at radius 1 is 1.30 bits per heavy atom. The number of aryl methyl sites for hydroxylation is 1. The molecule has 3 rings (SSSR count). The molecule has 1 unspecified atom stereocenters. The topological polar surface area (TPSA) is 58.6 Å². The van der Waals surface area contributed by atoms with Gasteiger partial charge in [0, 0.05) is 11.3 Å². The molecular weight excluding hydrogens is 254 g/mol. The summed E-state index contributed by atoms with van der Waals surface area (Å²) in [4.78, 5) is 11.3. The number of hydrogen-bond donors (Lipinski definition) is 2. The van der Waals surface area contributed by atoms with Crippen LogP contribution in [-0.4, -0.2) is 17.7 Å². The number of nitrogens with one attached hydrogen (secondary N) is 1. The molecule has 1 aliphatic rings. The van der Waals surface area contributed by atoms with Crippen molar-refractivity contribution in [1.29, 1.82) is 0 Å². The van der Waals surface area contributed by atoms with Gasteiger partial charge < -0.3 is 15.2 Å². The zero-order valence-electron chi connectivity index (χ0n) is 11.1. The monoisotopic (exact) mass is 269 g/mol. The van der Waals surface area contributed by atoms with Crippen LogP contribution in [-0.2, 0) is 0 Å². The Morgan fingerprint density at radius 3 is 2.90 bits per heavy atom. The third-order valence-corrected chi connectivity index (χ3v) is 3.44. The van der Waals surface area contributed by atoms with Gasteiger partial charge in [-0.15, -0.1) is 0 Å². The summed E-state index contributed by atoms with van der Waals surface area (Å²) in [5, 5.41) is 12.5. The fourth-order valence-electron chi connectivity index (χ4n) is 2.43. The Morgan fingerprint density at radius 2 is 2.10 bits per heavy atom. The highest BCUT2D eigenvalue weighted by Crippen LogP contribution is 2.34. The number of rotatable bonds is 3. The Bertz CT molecular complexity index is 667. The van der Waals surface area contributed by atoms with Crippen molar-refractivity contribution in [2.75, 3.05) is 11.9 Å². The fraction of sp³-hybridized carbons (Fsp3) is 0.188. The summed E-state index contributed by atoms with van der Waals surface area (Å²) in [6.45, 7) is 2.45. The van der Waals surface area contributed by atoms with E-state index in [1.807, 2.05) is 37.3 Å². The highest BCUT2D eigenvalue weighted by Gasteiger charge is 2.24. The van der Waals surface area contributed by atoms with Gasteiger partial charge >= 0.3 is 5.97 Å². The lowest BCUT2D eigenvalue weighted by Crippen LogP contribution is -2.14. The number of carbonyl (C=O) groups is 1. The van der Waals surface area contributed by atoms with E-state index in [2.05, 4.69) is 5.32 Å². The van der Waals surface area contributed by atoms with E-state index in [0.717, 1.165) is 16.9 Å². The number of benzene rings is 2. The number of fused-ring (bicyclic) bond motifs is 1. The summed E-state index contributed by atoms with van der Waals surface area (Å²) in [7, 11) is 0. The van der Waals surface area contributed by atoms with E-state index in [0.29, 0.717) is 12.3 Å². The van der Waals surface area contributed by atoms with Gasteiger partial charge in [0.25, 0.3) is 0 Å². The van der Waals surface area contributed by atoms with Crippen molar-refractivity contribution >= 4 is 11.7 Å². The van der Waals surface area contributed by atoms with Gasteiger partial charge in [-0.05, 0) is 30.7 Å². The van der Waals surface area contributed by atoms with Crippen molar-refractivity contribution in [1.82, 2.24) is 0 Å². The summed E-state index contributed by atoms with van der Waals surface area (Å²) in [6.07, 6.45) is 0. The van der Waals surface area contributed by atoms with Crippen molar-refractivity contribution in [3.8, 4) is 5.75 Å². The molecule has 1 heterocycles. The Kier molecular flexibility index (Phi) is 3.06. The lowest BCUT2D eigenvalue weighted by atomic mass is 10.1. The van der Waals surface area contributed by atoms with E-state index in [1.165, 1.54) is 0 Å². The molecule has 20 heavy (non-hydrogen) atoms. The van der Waals surface area contributed by atoms with Gasteiger partial charge in [0.05, 0.1) is 11.6 Å². The van der Waals surface area contributed by atoms with Gasteiger partial charge in [0.1, 0.15) is 12.4 Å². The van der Waals surface area contributed by atoms with E-state index in [9.17, 15) is 9.90 Å². The van der Waals surface area contributed by atoms with Gasteiger partial charge in [0.15, 0.2) is 0 Å². The SMILES string of the molecule is Cc1ccc(C(=O)O)c(NC2COc3ccccc32)c1. The highest BCUT2D eigenvalue weighted by molar-refractivity contribution is 5.94. The molecule has 4 heteroatoms. The quantitative estimate of drug-likeness (QED) is 0.898. The molecule has 0 aliphatic carbocycles. The molecule has 2 N–H and O–H groups in total. The highest BCUT2D eigenvalue weighted by atomic mass is 16.5. The van der Waals surface area contributed by atoms with Crippen LogP contribution in [0.3, 0.4) is 0 Å². The van der Waals surface area contributed by atoms with Crippen LogP contribution >= 0.6 is 0 Å². The molecule has 0 spiro atoms. The first kappa shape index (κ1) is 12.5. The first-order chi connectivity index (χ1) is 9.65. The summed E-state index contributed by atoms with van der Waals surface area (Å²) in [6, 6.07) is 13.1. The molecule has 102 valence electrons. The maximum Gasteiger partial charge on any atom is 0.337 e. The number of anilines is 1. The van der Waals surface area contributed by atoms with Crippen LogP contribution in [0.25, 0.3) is 0 Å². The number of hydrogen-bond acceptors (Lipinski definition) is 3. The molecule has 0 bridgehead atoms. The van der Waals surface area contributed by atoms with Gasteiger partial charge in [-0.2, -0.15) is 0 Å². The van der Waals surface area contributed by atoms with E-state index in [1.54, 1.807) is 12.1 Å². The van der Waals surface area contributed by atoms with E-state index in [4.69, 9.17) is 4.74 Å². The number of aromatic carboxylic acids is 1. The lowest BCUT2D eigenvalue weighted by molar-refractivity contribution is 0.0698.